The number of imidazole rings is 1. The fourth-order valence-electron chi connectivity index (χ4n) is 3.87. The molecule has 2 amide bonds. The molecule has 0 saturated carbocycles. The Kier molecular flexibility index (Phi) is 4.49. The van der Waals surface area contributed by atoms with Gasteiger partial charge in [-0.15, -0.1) is 0 Å². The van der Waals surface area contributed by atoms with Gasteiger partial charge in [-0.25, -0.2) is 4.98 Å². The van der Waals surface area contributed by atoms with Gasteiger partial charge in [-0.3, -0.25) is 9.59 Å². The summed E-state index contributed by atoms with van der Waals surface area (Å²) in [5, 5.41) is 0. The van der Waals surface area contributed by atoms with Crippen molar-refractivity contribution < 1.29 is 9.59 Å². The molecule has 1 aromatic carbocycles. The summed E-state index contributed by atoms with van der Waals surface area (Å²) in [6.45, 7) is 2.33. The van der Waals surface area contributed by atoms with Gasteiger partial charge in [-0.1, -0.05) is 18.2 Å². The first-order chi connectivity index (χ1) is 12.7. The predicted molar refractivity (Wildman–Crippen MR) is 99.5 cm³/mol. The lowest BCUT2D eigenvalue weighted by molar-refractivity contribution is 0.0786. The lowest BCUT2D eigenvalue weighted by Gasteiger charge is -2.21. The predicted octanol–water partition coefficient (Wildman–Crippen LogP) is 2.73. The monoisotopic (exact) mass is 352 g/mol. The lowest BCUT2D eigenvalue weighted by Crippen LogP contribution is -2.30. The number of para-hydroxylation sites is 1. The van der Waals surface area contributed by atoms with E-state index in [1.807, 2.05) is 39.8 Å². The van der Waals surface area contributed by atoms with Crippen LogP contribution in [0.1, 0.15) is 52.5 Å². The maximum atomic E-state index is 13.1. The van der Waals surface area contributed by atoms with Gasteiger partial charge in [0.25, 0.3) is 11.8 Å². The summed E-state index contributed by atoms with van der Waals surface area (Å²) in [5.41, 5.74) is 2.23. The van der Waals surface area contributed by atoms with Crippen molar-refractivity contribution in [2.24, 2.45) is 0 Å². The molecule has 136 valence electrons. The summed E-state index contributed by atoms with van der Waals surface area (Å²) in [6.07, 6.45) is 4.95. The van der Waals surface area contributed by atoms with Crippen molar-refractivity contribution in [1.29, 1.82) is 0 Å². The summed E-state index contributed by atoms with van der Waals surface area (Å²) in [6, 6.07) is 9.53. The van der Waals surface area contributed by atoms with Crippen molar-refractivity contribution >= 4 is 17.5 Å². The molecule has 1 fully saturated rings. The topological polar surface area (TPSA) is 58.4 Å². The van der Waals surface area contributed by atoms with Crippen LogP contribution in [-0.4, -0.2) is 46.4 Å². The summed E-state index contributed by atoms with van der Waals surface area (Å²) in [7, 11) is 1.75. The van der Waals surface area contributed by atoms with Gasteiger partial charge in [0.15, 0.2) is 0 Å². The lowest BCUT2D eigenvalue weighted by atomic mass is 10.1. The second-order valence-electron chi connectivity index (χ2n) is 7.04. The van der Waals surface area contributed by atoms with Gasteiger partial charge in [0, 0.05) is 32.4 Å². The second-order valence-corrected chi connectivity index (χ2v) is 7.04. The number of hydrogen-bond acceptors (Lipinski definition) is 3. The van der Waals surface area contributed by atoms with Gasteiger partial charge in [0.2, 0.25) is 5.82 Å². The number of amides is 2. The molecule has 6 heteroatoms. The number of carbonyl (C=O) groups is 2. The molecule has 4 rings (SSSR count). The maximum absolute atomic E-state index is 13.1. The zero-order chi connectivity index (χ0) is 18.1. The molecule has 2 aliphatic heterocycles. The molecule has 0 unspecified atom stereocenters. The van der Waals surface area contributed by atoms with Crippen molar-refractivity contribution in [1.82, 2.24) is 14.5 Å². The van der Waals surface area contributed by atoms with E-state index in [2.05, 4.69) is 4.98 Å². The molecule has 2 aliphatic rings. The number of fused-ring (bicyclic) bond motifs is 1. The van der Waals surface area contributed by atoms with Crippen LogP contribution in [-0.2, 0) is 13.0 Å². The number of aromatic nitrogens is 2. The third-order valence-electron chi connectivity index (χ3n) is 5.35. The number of carbonyl (C=O) groups excluding carboxylic acids is 2. The van der Waals surface area contributed by atoms with Crippen LogP contribution in [0, 0.1) is 0 Å². The number of benzene rings is 1. The first-order valence-corrected chi connectivity index (χ1v) is 9.38. The number of anilines is 1. The van der Waals surface area contributed by atoms with Gasteiger partial charge in [-0.05, 0) is 44.2 Å². The number of rotatable bonds is 3. The van der Waals surface area contributed by atoms with E-state index in [9.17, 15) is 9.59 Å². The first-order valence-electron chi connectivity index (χ1n) is 9.38. The largest absolute Gasteiger partial charge is 0.337 e. The molecular weight excluding hydrogens is 328 g/mol. The molecule has 0 spiro atoms. The minimum atomic E-state index is -0.167. The molecular formula is C20H24N4O2. The minimum Gasteiger partial charge on any atom is -0.337 e. The molecule has 0 N–H and O–H groups in total. The fraction of sp³-hybridized carbons (Fsp3) is 0.450. The Morgan fingerprint density at radius 1 is 1.00 bits per heavy atom. The Morgan fingerprint density at radius 2 is 1.69 bits per heavy atom. The quantitative estimate of drug-likeness (QED) is 0.853. The standard InChI is InChI=1S/C20H24N4O2/c1-22(15-9-3-2-4-10-15)20(26)18-21-17(16-11-5-6-14-24(16)18)19(25)23-12-7-8-13-23/h2-4,9-10H,5-8,11-14H2,1H3. The summed E-state index contributed by atoms with van der Waals surface area (Å²) < 4.78 is 1.97. The van der Waals surface area contributed by atoms with Crippen molar-refractivity contribution in [3.63, 3.8) is 0 Å². The second kappa shape index (κ2) is 6.94. The summed E-state index contributed by atoms with van der Waals surface area (Å²) in [4.78, 5) is 34.0. The third-order valence-corrected chi connectivity index (χ3v) is 5.35. The number of hydrogen-bond donors (Lipinski definition) is 0. The van der Waals surface area contributed by atoms with E-state index in [1.165, 1.54) is 0 Å². The SMILES string of the molecule is CN(C(=O)c1nc(C(=O)N2CCCC2)c2n1CCCC2)c1ccccc1. The fourth-order valence-corrected chi connectivity index (χ4v) is 3.87. The van der Waals surface area contributed by atoms with Gasteiger partial charge < -0.3 is 14.4 Å². The molecule has 1 saturated heterocycles. The Labute approximate surface area is 153 Å². The Balaban J connectivity index is 1.70. The Hall–Kier alpha value is -2.63. The summed E-state index contributed by atoms with van der Waals surface area (Å²) in [5.74, 6) is 0.197. The Bertz CT molecular complexity index is 822. The van der Waals surface area contributed by atoms with E-state index in [1.54, 1.807) is 11.9 Å². The molecule has 0 radical (unpaired) electrons. The van der Waals surface area contributed by atoms with Gasteiger partial charge in [-0.2, -0.15) is 0 Å². The van der Waals surface area contributed by atoms with Crippen LogP contribution < -0.4 is 4.90 Å². The normalized spacial score (nSPS) is 16.4. The highest BCUT2D eigenvalue weighted by Crippen LogP contribution is 2.25. The molecule has 0 atom stereocenters. The zero-order valence-electron chi connectivity index (χ0n) is 15.1. The third kappa shape index (κ3) is 2.89. The van der Waals surface area contributed by atoms with E-state index < -0.39 is 0 Å². The van der Waals surface area contributed by atoms with E-state index in [0.29, 0.717) is 11.5 Å². The highest BCUT2D eigenvalue weighted by molar-refractivity contribution is 6.05. The van der Waals surface area contributed by atoms with E-state index in [-0.39, 0.29) is 11.8 Å². The van der Waals surface area contributed by atoms with Gasteiger partial charge in [0.05, 0.1) is 5.69 Å². The highest BCUT2D eigenvalue weighted by Gasteiger charge is 2.31. The molecule has 26 heavy (non-hydrogen) atoms. The van der Waals surface area contributed by atoms with Crippen molar-refractivity contribution in [3.8, 4) is 0 Å². The minimum absolute atomic E-state index is 0.0189. The van der Waals surface area contributed by atoms with E-state index in [0.717, 1.165) is 63.1 Å². The number of nitrogens with zero attached hydrogens (tertiary/aromatic N) is 4. The maximum Gasteiger partial charge on any atom is 0.294 e. The average Bonchev–Trinajstić information content (AvgIpc) is 3.35. The van der Waals surface area contributed by atoms with Gasteiger partial charge >= 0.3 is 0 Å². The van der Waals surface area contributed by atoms with E-state index in [4.69, 9.17) is 0 Å². The molecule has 1 aromatic heterocycles. The molecule has 0 aliphatic carbocycles. The van der Waals surface area contributed by atoms with Crippen LogP contribution in [0.3, 0.4) is 0 Å². The van der Waals surface area contributed by atoms with Crippen LogP contribution >= 0.6 is 0 Å². The summed E-state index contributed by atoms with van der Waals surface area (Å²) >= 11 is 0. The van der Waals surface area contributed by atoms with Crippen molar-refractivity contribution in [2.45, 2.75) is 38.6 Å². The van der Waals surface area contributed by atoms with Crippen molar-refractivity contribution in [3.05, 3.63) is 47.5 Å². The van der Waals surface area contributed by atoms with Gasteiger partial charge in [0.1, 0.15) is 5.69 Å². The smallest absolute Gasteiger partial charge is 0.294 e. The zero-order valence-corrected chi connectivity index (χ0v) is 15.1. The Morgan fingerprint density at radius 3 is 2.42 bits per heavy atom. The highest BCUT2D eigenvalue weighted by atomic mass is 16.2. The average molecular weight is 352 g/mol. The molecule has 3 heterocycles. The first kappa shape index (κ1) is 16.8. The van der Waals surface area contributed by atoms with Crippen LogP contribution in [0.2, 0.25) is 0 Å². The molecule has 6 nitrogen and oxygen atoms in total. The van der Waals surface area contributed by atoms with Crippen LogP contribution in [0.15, 0.2) is 30.3 Å². The van der Waals surface area contributed by atoms with Crippen LogP contribution in [0.25, 0.3) is 0 Å². The molecule has 2 aromatic rings. The van der Waals surface area contributed by atoms with Crippen LogP contribution in [0.5, 0.6) is 0 Å². The van der Waals surface area contributed by atoms with Crippen molar-refractivity contribution in [2.75, 3.05) is 25.0 Å². The number of likely N-dealkylation sites (tertiary alicyclic amines) is 1. The van der Waals surface area contributed by atoms with Crippen LogP contribution in [0.4, 0.5) is 5.69 Å². The van der Waals surface area contributed by atoms with E-state index >= 15 is 0 Å². The molecule has 0 bridgehead atoms.